The quantitative estimate of drug-likeness (QED) is 0.686. The number of nitrogens with two attached hydrogens (primary N) is 1. The normalized spacial score (nSPS) is 18.7. The molecule has 1 aliphatic rings. The zero-order valence-electron chi connectivity index (χ0n) is 15.6. The molecule has 0 radical (unpaired) electrons. The van der Waals surface area contributed by atoms with Gasteiger partial charge in [-0.3, -0.25) is 9.59 Å². The van der Waals surface area contributed by atoms with Crippen LogP contribution in [-0.2, 0) is 9.59 Å². The summed E-state index contributed by atoms with van der Waals surface area (Å²) in [6.07, 6.45) is 5.73. The van der Waals surface area contributed by atoms with Gasteiger partial charge in [0.25, 0.3) is 0 Å². The first-order valence-electron chi connectivity index (χ1n) is 9.30. The van der Waals surface area contributed by atoms with Crippen molar-refractivity contribution in [1.82, 2.24) is 9.80 Å². The third kappa shape index (κ3) is 7.84. The molecule has 1 rings (SSSR count). The predicted molar refractivity (Wildman–Crippen MR) is 101 cm³/mol. The number of rotatable bonds is 9. The molecule has 24 heavy (non-hydrogen) atoms. The van der Waals surface area contributed by atoms with Crippen LogP contribution in [0.5, 0.6) is 0 Å². The topological polar surface area (TPSA) is 66.6 Å². The maximum atomic E-state index is 12.3. The van der Waals surface area contributed by atoms with Crippen molar-refractivity contribution >= 4 is 24.2 Å². The standard InChI is InChI=1S/C18H35N3O2.ClH/c1-4-11-20(12-5-2)17(22)9-6-10-18(23)21-13-7-8-16(14-21)15(3)19;/h15-16H,4-14,19H2,1-3H3;1H. The minimum absolute atomic E-state index is 0. The first-order chi connectivity index (χ1) is 11.0. The molecule has 0 aromatic heterocycles. The van der Waals surface area contributed by atoms with Gasteiger partial charge in [0, 0.05) is 45.1 Å². The molecule has 0 spiro atoms. The number of carbonyl (C=O) groups is 2. The van der Waals surface area contributed by atoms with Crippen LogP contribution in [0.4, 0.5) is 0 Å². The van der Waals surface area contributed by atoms with Crippen molar-refractivity contribution in [3.8, 4) is 0 Å². The first kappa shape index (κ1) is 23.2. The van der Waals surface area contributed by atoms with Gasteiger partial charge in [-0.2, -0.15) is 0 Å². The van der Waals surface area contributed by atoms with Gasteiger partial charge in [-0.1, -0.05) is 13.8 Å². The van der Waals surface area contributed by atoms with E-state index in [0.29, 0.717) is 25.2 Å². The molecule has 5 nitrogen and oxygen atoms in total. The van der Waals surface area contributed by atoms with Crippen molar-refractivity contribution < 1.29 is 9.59 Å². The van der Waals surface area contributed by atoms with Gasteiger partial charge in [-0.25, -0.2) is 0 Å². The fourth-order valence-electron chi connectivity index (χ4n) is 3.27. The fraction of sp³-hybridized carbons (Fsp3) is 0.889. The monoisotopic (exact) mass is 361 g/mol. The summed E-state index contributed by atoms with van der Waals surface area (Å²) in [6, 6.07) is 0.142. The van der Waals surface area contributed by atoms with E-state index in [9.17, 15) is 9.59 Å². The van der Waals surface area contributed by atoms with Crippen LogP contribution in [0.3, 0.4) is 0 Å². The lowest BCUT2D eigenvalue weighted by atomic mass is 9.92. The summed E-state index contributed by atoms with van der Waals surface area (Å²) in [4.78, 5) is 28.4. The van der Waals surface area contributed by atoms with Crippen LogP contribution < -0.4 is 5.73 Å². The van der Waals surface area contributed by atoms with Crippen LogP contribution in [0.2, 0.25) is 0 Å². The van der Waals surface area contributed by atoms with Crippen molar-refractivity contribution in [1.29, 1.82) is 0 Å². The van der Waals surface area contributed by atoms with Gasteiger partial charge in [0.15, 0.2) is 0 Å². The molecule has 0 bridgehead atoms. The molecule has 2 atom stereocenters. The Morgan fingerprint density at radius 2 is 1.83 bits per heavy atom. The average molecular weight is 362 g/mol. The second-order valence-corrected chi connectivity index (χ2v) is 6.84. The lowest BCUT2D eigenvalue weighted by molar-refractivity contribution is -0.134. The van der Waals surface area contributed by atoms with E-state index in [1.54, 1.807) is 0 Å². The number of hydrogen-bond donors (Lipinski definition) is 1. The number of hydrogen-bond acceptors (Lipinski definition) is 3. The molecule has 1 heterocycles. The molecule has 0 aromatic rings. The molecule has 6 heteroatoms. The Morgan fingerprint density at radius 1 is 1.21 bits per heavy atom. The van der Waals surface area contributed by atoms with Crippen molar-refractivity contribution in [2.45, 2.75) is 71.8 Å². The van der Waals surface area contributed by atoms with Gasteiger partial charge in [-0.15, -0.1) is 12.4 Å². The number of likely N-dealkylation sites (tertiary alicyclic amines) is 1. The van der Waals surface area contributed by atoms with Crippen LogP contribution in [0, 0.1) is 5.92 Å². The maximum Gasteiger partial charge on any atom is 0.222 e. The third-order valence-electron chi connectivity index (χ3n) is 4.68. The van der Waals surface area contributed by atoms with Crippen molar-refractivity contribution in [2.24, 2.45) is 11.7 Å². The summed E-state index contributed by atoms with van der Waals surface area (Å²) < 4.78 is 0. The van der Waals surface area contributed by atoms with Crippen molar-refractivity contribution in [3.05, 3.63) is 0 Å². The molecule has 0 aromatic carbocycles. The van der Waals surface area contributed by atoms with Crippen LogP contribution in [0.25, 0.3) is 0 Å². The van der Waals surface area contributed by atoms with E-state index in [0.717, 1.165) is 51.9 Å². The van der Waals surface area contributed by atoms with E-state index >= 15 is 0 Å². The van der Waals surface area contributed by atoms with E-state index in [-0.39, 0.29) is 30.3 Å². The summed E-state index contributed by atoms with van der Waals surface area (Å²) in [6.45, 7) is 9.46. The summed E-state index contributed by atoms with van der Waals surface area (Å²) >= 11 is 0. The highest BCUT2D eigenvalue weighted by atomic mass is 35.5. The zero-order chi connectivity index (χ0) is 17.2. The van der Waals surface area contributed by atoms with Crippen LogP contribution in [0.15, 0.2) is 0 Å². The van der Waals surface area contributed by atoms with Gasteiger partial charge in [-0.05, 0) is 44.9 Å². The number of amides is 2. The molecular formula is C18H36ClN3O2. The lowest BCUT2D eigenvalue weighted by Crippen LogP contribution is -2.45. The van der Waals surface area contributed by atoms with Crippen LogP contribution in [0.1, 0.15) is 65.7 Å². The molecule has 2 unspecified atom stereocenters. The van der Waals surface area contributed by atoms with Crippen molar-refractivity contribution in [3.63, 3.8) is 0 Å². The largest absolute Gasteiger partial charge is 0.343 e. The number of piperidine rings is 1. The van der Waals surface area contributed by atoms with Crippen molar-refractivity contribution in [2.75, 3.05) is 26.2 Å². The van der Waals surface area contributed by atoms with Gasteiger partial charge < -0.3 is 15.5 Å². The van der Waals surface area contributed by atoms with E-state index < -0.39 is 0 Å². The smallest absolute Gasteiger partial charge is 0.222 e. The molecule has 1 saturated heterocycles. The van der Waals surface area contributed by atoms with E-state index in [2.05, 4.69) is 13.8 Å². The molecule has 0 aliphatic carbocycles. The van der Waals surface area contributed by atoms with Gasteiger partial charge >= 0.3 is 0 Å². The highest BCUT2D eigenvalue weighted by Gasteiger charge is 2.25. The number of halogens is 1. The van der Waals surface area contributed by atoms with E-state index in [1.807, 2.05) is 16.7 Å². The Morgan fingerprint density at radius 3 is 2.38 bits per heavy atom. The fourth-order valence-corrected chi connectivity index (χ4v) is 3.27. The molecular weight excluding hydrogens is 326 g/mol. The molecule has 1 fully saturated rings. The Hall–Kier alpha value is -0.810. The van der Waals surface area contributed by atoms with Crippen LogP contribution in [-0.4, -0.2) is 53.8 Å². The highest BCUT2D eigenvalue weighted by molar-refractivity contribution is 5.85. The van der Waals surface area contributed by atoms with Gasteiger partial charge in [0.1, 0.15) is 0 Å². The highest BCUT2D eigenvalue weighted by Crippen LogP contribution is 2.19. The molecule has 2 amide bonds. The number of carbonyl (C=O) groups excluding carboxylic acids is 2. The lowest BCUT2D eigenvalue weighted by Gasteiger charge is -2.34. The Kier molecular flexibility index (Phi) is 12.1. The second-order valence-electron chi connectivity index (χ2n) is 6.84. The Bertz CT molecular complexity index is 371. The third-order valence-corrected chi connectivity index (χ3v) is 4.68. The zero-order valence-corrected chi connectivity index (χ0v) is 16.4. The summed E-state index contributed by atoms with van der Waals surface area (Å²) in [5.41, 5.74) is 5.97. The average Bonchev–Trinajstić information content (AvgIpc) is 2.54. The minimum Gasteiger partial charge on any atom is -0.343 e. The Labute approximate surface area is 153 Å². The van der Waals surface area contributed by atoms with Crippen LogP contribution >= 0.6 is 12.4 Å². The molecule has 2 N–H and O–H groups in total. The van der Waals surface area contributed by atoms with E-state index in [4.69, 9.17) is 5.73 Å². The SMILES string of the molecule is CCCN(CCC)C(=O)CCCC(=O)N1CCCC(C(C)N)C1.Cl. The summed E-state index contributed by atoms with van der Waals surface area (Å²) in [5.74, 6) is 0.785. The maximum absolute atomic E-state index is 12.3. The Balaban J connectivity index is 0.00000529. The summed E-state index contributed by atoms with van der Waals surface area (Å²) in [5, 5.41) is 0. The molecule has 0 saturated carbocycles. The number of nitrogens with zero attached hydrogens (tertiary/aromatic N) is 2. The molecule has 142 valence electrons. The molecule has 1 aliphatic heterocycles. The predicted octanol–water partition coefficient (Wildman–Crippen LogP) is 2.81. The van der Waals surface area contributed by atoms with Gasteiger partial charge in [0.2, 0.25) is 11.8 Å². The van der Waals surface area contributed by atoms with E-state index in [1.165, 1.54) is 0 Å². The summed E-state index contributed by atoms with van der Waals surface area (Å²) in [7, 11) is 0. The second kappa shape index (κ2) is 12.5. The first-order valence-corrected chi connectivity index (χ1v) is 9.30. The minimum atomic E-state index is 0. The van der Waals surface area contributed by atoms with Gasteiger partial charge in [0.05, 0.1) is 0 Å².